The lowest BCUT2D eigenvalue weighted by Crippen LogP contribution is -2.09. The summed E-state index contributed by atoms with van der Waals surface area (Å²) in [5.74, 6) is -0.349. The van der Waals surface area contributed by atoms with E-state index in [2.05, 4.69) is 19.2 Å². The van der Waals surface area contributed by atoms with Crippen molar-refractivity contribution in [2.45, 2.75) is 32.7 Å². The van der Waals surface area contributed by atoms with Crippen molar-refractivity contribution in [1.82, 2.24) is 0 Å². The van der Waals surface area contributed by atoms with Crippen molar-refractivity contribution in [3.05, 3.63) is 65.2 Å². The lowest BCUT2D eigenvalue weighted by Gasteiger charge is -2.17. The van der Waals surface area contributed by atoms with E-state index in [1.165, 1.54) is 11.6 Å². The first-order valence-electron chi connectivity index (χ1n) is 6.79. The standard InChI is InChI=1S/C17H19F2N/c1-11(2)13-4-7-15(8-5-13)20-12(3)16-10-14(18)6-9-17(16)19/h4-12,20H,1-3H3. The number of benzene rings is 2. The molecule has 0 fully saturated rings. The maximum absolute atomic E-state index is 13.7. The van der Waals surface area contributed by atoms with Crippen molar-refractivity contribution in [3.63, 3.8) is 0 Å². The fourth-order valence-corrected chi connectivity index (χ4v) is 2.14. The van der Waals surface area contributed by atoms with Crippen LogP contribution < -0.4 is 5.32 Å². The second-order valence-corrected chi connectivity index (χ2v) is 5.31. The Kier molecular flexibility index (Phi) is 4.38. The van der Waals surface area contributed by atoms with Crippen molar-refractivity contribution in [2.75, 3.05) is 5.32 Å². The predicted octanol–water partition coefficient (Wildman–Crippen LogP) is 5.26. The SMILES string of the molecule is CC(C)c1ccc(NC(C)c2cc(F)ccc2F)cc1. The Labute approximate surface area is 118 Å². The summed E-state index contributed by atoms with van der Waals surface area (Å²) in [4.78, 5) is 0. The van der Waals surface area contributed by atoms with Gasteiger partial charge in [0.05, 0.1) is 6.04 Å². The Balaban J connectivity index is 2.14. The molecule has 0 spiro atoms. The third-order valence-electron chi connectivity index (χ3n) is 3.39. The van der Waals surface area contributed by atoms with Crippen LogP contribution in [-0.2, 0) is 0 Å². The summed E-state index contributed by atoms with van der Waals surface area (Å²) in [6.45, 7) is 6.08. The van der Waals surface area contributed by atoms with Gasteiger partial charge in [-0.1, -0.05) is 26.0 Å². The Morgan fingerprint density at radius 3 is 2.15 bits per heavy atom. The smallest absolute Gasteiger partial charge is 0.128 e. The molecule has 0 saturated heterocycles. The van der Waals surface area contributed by atoms with Gasteiger partial charge < -0.3 is 5.32 Å². The van der Waals surface area contributed by atoms with Crippen LogP contribution >= 0.6 is 0 Å². The molecule has 0 bridgehead atoms. The number of hydrogen-bond donors (Lipinski definition) is 1. The summed E-state index contributed by atoms with van der Waals surface area (Å²) in [5, 5.41) is 3.19. The van der Waals surface area contributed by atoms with E-state index in [9.17, 15) is 8.78 Å². The first kappa shape index (κ1) is 14.5. The van der Waals surface area contributed by atoms with Crippen LogP contribution in [0.3, 0.4) is 0 Å². The van der Waals surface area contributed by atoms with Crippen LogP contribution in [0.1, 0.15) is 43.9 Å². The predicted molar refractivity (Wildman–Crippen MR) is 78.9 cm³/mol. The number of hydrogen-bond acceptors (Lipinski definition) is 1. The highest BCUT2D eigenvalue weighted by atomic mass is 19.1. The molecule has 1 atom stereocenters. The van der Waals surface area contributed by atoms with E-state index in [4.69, 9.17) is 0 Å². The van der Waals surface area contributed by atoms with Gasteiger partial charge in [-0.15, -0.1) is 0 Å². The summed E-state index contributed by atoms with van der Waals surface area (Å²) >= 11 is 0. The van der Waals surface area contributed by atoms with Crippen molar-refractivity contribution in [3.8, 4) is 0 Å². The maximum atomic E-state index is 13.7. The summed E-state index contributed by atoms with van der Waals surface area (Å²) < 4.78 is 26.9. The van der Waals surface area contributed by atoms with Crippen LogP contribution in [0.4, 0.5) is 14.5 Å². The zero-order valence-electron chi connectivity index (χ0n) is 12.0. The third-order valence-corrected chi connectivity index (χ3v) is 3.39. The van der Waals surface area contributed by atoms with E-state index < -0.39 is 11.6 Å². The van der Waals surface area contributed by atoms with Crippen molar-refractivity contribution < 1.29 is 8.78 Å². The number of rotatable bonds is 4. The van der Waals surface area contributed by atoms with Gasteiger partial charge in [0.2, 0.25) is 0 Å². The van der Waals surface area contributed by atoms with Crippen LogP contribution in [0, 0.1) is 11.6 Å². The van der Waals surface area contributed by atoms with Crippen LogP contribution in [0.25, 0.3) is 0 Å². The molecule has 0 heterocycles. The summed E-state index contributed by atoms with van der Waals surface area (Å²) in [7, 11) is 0. The van der Waals surface area contributed by atoms with E-state index in [-0.39, 0.29) is 6.04 Å². The maximum Gasteiger partial charge on any atom is 0.128 e. The highest BCUT2D eigenvalue weighted by Crippen LogP contribution is 2.24. The van der Waals surface area contributed by atoms with Gasteiger partial charge in [0.1, 0.15) is 11.6 Å². The first-order chi connectivity index (χ1) is 9.47. The molecule has 2 aromatic carbocycles. The minimum absolute atomic E-state index is 0.296. The van der Waals surface area contributed by atoms with Gasteiger partial charge in [-0.3, -0.25) is 0 Å². The summed E-state index contributed by atoms with van der Waals surface area (Å²) in [5.41, 5.74) is 2.48. The molecular weight excluding hydrogens is 256 g/mol. The highest BCUT2D eigenvalue weighted by molar-refractivity contribution is 5.47. The van der Waals surface area contributed by atoms with Gasteiger partial charge in [-0.2, -0.15) is 0 Å². The van der Waals surface area contributed by atoms with Gasteiger partial charge in [-0.05, 0) is 48.7 Å². The molecule has 0 aliphatic heterocycles. The number of halogens is 2. The lowest BCUT2D eigenvalue weighted by atomic mass is 10.0. The molecule has 1 unspecified atom stereocenters. The average molecular weight is 275 g/mol. The zero-order chi connectivity index (χ0) is 14.7. The van der Waals surface area contributed by atoms with Gasteiger partial charge >= 0.3 is 0 Å². The second kappa shape index (κ2) is 6.04. The highest BCUT2D eigenvalue weighted by Gasteiger charge is 2.12. The van der Waals surface area contributed by atoms with Crippen molar-refractivity contribution in [1.29, 1.82) is 0 Å². The van der Waals surface area contributed by atoms with Crippen LogP contribution in [0.2, 0.25) is 0 Å². The topological polar surface area (TPSA) is 12.0 Å². The minimum atomic E-state index is -0.426. The second-order valence-electron chi connectivity index (χ2n) is 5.31. The van der Waals surface area contributed by atoms with E-state index in [0.29, 0.717) is 11.5 Å². The zero-order valence-corrected chi connectivity index (χ0v) is 12.0. The molecule has 2 aromatic rings. The van der Waals surface area contributed by atoms with Crippen LogP contribution in [-0.4, -0.2) is 0 Å². The molecule has 0 radical (unpaired) electrons. The van der Waals surface area contributed by atoms with E-state index in [0.717, 1.165) is 17.8 Å². The van der Waals surface area contributed by atoms with Gasteiger partial charge in [0, 0.05) is 11.3 Å². The molecule has 1 N–H and O–H groups in total. The van der Waals surface area contributed by atoms with Gasteiger partial charge in [0.25, 0.3) is 0 Å². The number of nitrogens with one attached hydrogen (secondary N) is 1. The average Bonchev–Trinajstić information content (AvgIpc) is 2.42. The van der Waals surface area contributed by atoms with Gasteiger partial charge in [0.15, 0.2) is 0 Å². The lowest BCUT2D eigenvalue weighted by molar-refractivity contribution is 0.577. The molecule has 0 saturated carbocycles. The fraction of sp³-hybridized carbons (Fsp3) is 0.294. The molecule has 1 nitrogen and oxygen atoms in total. The molecule has 20 heavy (non-hydrogen) atoms. The molecule has 0 aliphatic rings. The minimum Gasteiger partial charge on any atom is -0.378 e. The summed E-state index contributed by atoms with van der Waals surface area (Å²) in [6, 6.07) is 11.2. The molecule has 0 aromatic heterocycles. The van der Waals surface area contributed by atoms with Crippen molar-refractivity contribution >= 4 is 5.69 Å². The molecule has 106 valence electrons. The Morgan fingerprint density at radius 2 is 1.55 bits per heavy atom. The Morgan fingerprint density at radius 1 is 0.900 bits per heavy atom. The van der Waals surface area contributed by atoms with Gasteiger partial charge in [-0.25, -0.2) is 8.78 Å². The normalized spacial score (nSPS) is 12.5. The van der Waals surface area contributed by atoms with E-state index >= 15 is 0 Å². The molecule has 0 amide bonds. The molecular formula is C17H19F2N. The van der Waals surface area contributed by atoms with E-state index in [1.807, 2.05) is 31.2 Å². The summed E-state index contributed by atoms with van der Waals surface area (Å²) in [6.07, 6.45) is 0. The molecule has 2 rings (SSSR count). The Hall–Kier alpha value is -1.90. The fourth-order valence-electron chi connectivity index (χ4n) is 2.14. The molecule has 3 heteroatoms. The monoisotopic (exact) mass is 275 g/mol. The Bertz CT molecular complexity index is 576. The first-order valence-corrected chi connectivity index (χ1v) is 6.79. The third kappa shape index (κ3) is 3.35. The van der Waals surface area contributed by atoms with Crippen LogP contribution in [0.5, 0.6) is 0 Å². The number of anilines is 1. The van der Waals surface area contributed by atoms with E-state index in [1.54, 1.807) is 0 Å². The quantitative estimate of drug-likeness (QED) is 0.802. The molecule has 0 aliphatic carbocycles. The largest absolute Gasteiger partial charge is 0.378 e. The van der Waals surface area contributed by atoms with Crippen molar-refractivity contribution in [2.24, 2.45) is 0 Å². The van der Waals surface area contributed by atoms with Crippen LogP contribution in [0.15, 0.2) is 42.5 Å².